The molecule has 1 heterocycles. The van der Waals surface area contributed by atoms with E-state index in [-0.39, 0.29) is 11.8 Å². The maximum Gasteiger partial charge on any atom is 0.319 e. The quantitative estimate of drug-likeness (QED) is 0.749. The average molecular weight is 385 g/mol. The van der Waals surface area contributed by atoms with E-state index in [1.165, 1.54) is 6.07 Å². The van der Waals surface area contributed by atoms with Gasteiger partial charge in [-0.3, -0.25) is 4.90 Å². The van der Waals surface area contributed by atoms with Crippen molar-refractivity contribution in [2.45, 2.75) is 26.3 Å². The summed E-state index contributed by atoms with van der Waals surface area (Å²) in [5.74, 6) is 1.09. The summed E-state index contributed by atoms with van der Waals surface area (Å²) in [6, 6.07) is 14.1. The lowest BCUT2D eigenvalue weighted by Crippen LogP contribution is -2.39. The van der Waals surface area contributed by atoms with Gasteiger partial charge in [-0.25, -0.2) is 9.18 Å². The summed E-state index contributed by atoms with van der Waals surface area (Å²) in [6.07, 6.45) is 2.00. The normalized spacial score (nSPS) is 15.2. The van der Waals surface area contributed by atoms with Crippen LogP contribution >= 0.6 is 0 Å². The summed E-state index contributed by atoms with van der Waals surface area (Å²) in [5.41, 5.74) is 1.48. The number of nitrogens with one attached hydrogen (secondary N) is 2. The summed E-state index contributed by atoms with van der Waals surface area (Å²) in [4.78, 5) is 14.4. The number of carbonyl (C=O) groups excluding carboxylic acids is 1. The van der Waals surface area contributed by atoms with Crippen molar-refractivity contribution < 1.29 is 13.9 Å². The van der Waals surface area contributed by atoms with Crippen molar-refractivity contribution in [2.24, 2.45) is 5.92 Å². The third-order valence-electron chi connectivity index (χ3n) is 5.03. The molecule has 6 heteroatoms. The van der Waals surface area contributed by atoms with Crippen molar-refractivity contribution in [3.63, 3.8) is 0 Å². The number of benzene rings is 2. The molecule has 150 valence electrons. The Bertz CT molecular complexity index is 759. The fourth-order valence-electron chi connectivity index (χ4n) is 3.43. The van der Waals surface area contributed by atoms with Gasteiger partial charge in [-0.2, -0.15) is 0 Å². The lowest BCUT2D eigenvalue weighted by atomic mass is 9.96. The zero-order valence-corrected chi connectivity index (χ0v) is 16.3. The highest BCUT2D eigenvalue weighted by Crippen LogP contribution is 2.20. The monoisotopic (exact) mass is 385 g/mol. The number of rotatable bonds is 7. The van der Waals surface area contributed by atoms with E-state index in [0.717, 1.165) is 42.9 Å². The van der Waals surface area contributed by atoms with Gasteiger partial charge in [0.1, 0.15) is 11.6 Å². The first-order valence-corrected chi connectivity index (χ1v) is 9.87. The fourth-order valence-corrected chi connectivity index (χ4v) is 3.43. The van der Waals surface area contributed by atoms with E-state index >= 15 is 0 Å². The summed E-state index contributed by atoms with van der Waals surface area (Å²) < 4.78 is 19.2. The molecule has 0 aliphatic carbocycles. The van der Waals surface area contributed by atoms with Crippen LogP contribution in [0.15, 0.2) is 48.5 Å². The standard InChI is InChI=1S/C22H28FN3O2/c1-2-28-20-9-7-19(8-10-20)25-22(27)24-15-17-11-13-26(14-12-17)16-18-5-3-4-6-21(18)23/h3-10,17H,2,11-16H2,1H3,(H2,24,25,27). The van der Waals surface area contributed by atoms with Crippen LogP contribution in [0.1, 0.15) is 25.3 Å². The number of likely N-dealkylation sites (tertiary alicyclic amines) is 1. The molecule has 0 spiro atoms. The fraction of sp³-hybridized carbons (Fsp3) is 0.409. The van der Waals surface area contributed by atoms with E-state index in [1.54, 1.807) is 6.07 Å². The van der Waals surface area contributed by atoms with Crippen LogP contribution in [-0.4, -0.2) is 37.2 Å². The van der Waals surface area contributed by atoms with Crippen molar-refractivity contribution in [3.05, 3.63) is 59.9 Å². The van der Waals surface area contributed by atoms with Gasteiger partial charge < -0.3 is 15.4 Å². The lowest BCUT2D eigenvalue weighted by molar-refractivity contribution is 0.174. The number of hydrogen-bond donors (Lipinski definition) is 2. The topological polar surface area (TPSA) is 53.6 Å². The smallest absolute Gasteiger partial charge is 0.319 e. The van der Waals surface area contributed by atoms with Gasteiger partial charge in [0.2, 0.25) is 0 Å². The molecular weight excluding hydrogens is 357 g/mol. The highest BCUT2D eigenvalue weighted by atomic mass is 19.1. The van der Waals surface area contributed by atoms with E-state index in [2.05, 4.69) is 15.5 Å². The van der Waals surface area contributed by atoms with Gasteiger partial charge >= 0.3 is 6.03 Å². The summed E-state index contributed by atoms with van der Waals surface area (Å²) in [7, 11) is 0. The van der Waals surface area contributed by atoms with Gasteiger partial charge in [0.25, 0.3) is 0 Å². The number of carbonyl (C=O) groups is 1. The molecule has 1 fully saturated rings. The molecule has 0 unspecified atom stereocenters. The van der Waals surface area contributed by atoms with E-state index in [4.69, 9.17) is 4.74 Å². The molecule has 0 radical (unpaired) electrons. The molecule has 28 heavy (non-hydrogen) atoms. The van der Waals surface area contributed by atoms with Crippen molar-refractivity contribution in [2.75, 3.05) is 31.6 Å². The van der Waals surface area contributed by atoms with Crippen LogP contribution < -0.4 is 15.4 Å². The predicted molar refractivity (Wildman–Crippen MR) is 109 cm³/mol. The van der Waals surface area contributed by atoms with Crippen LogP contribution in [0.4, 0.5) is 14.9 Å². The van der Waals surface area contributed by atoms with E-state index in [1.807, 2.05) is 43.3 Å². The van der Waals surface area contributed by atoms with Crippen LogP contribution in [-0.2, 0) is 6.54 Å². The van der Waals surface area contributed by atoms with E-state index < -0.39 is 0 Å². The SMILES string of the molecule is CCOc1ccc(NC(=O)NCC2CCN(Cc3ccccc3F)CC2)cc1. The molecule has 0 atom stereocenters. The molecule has 3 rings (SSSR count). The number of urea groups is 1. The molecule has 2 amide bonds. The molecular formula is C22H28FN3O2. The molecule has 2 aromatic rings. The zero-order valence-electron chi connectivity index (χ0n) is 16.3. The van der Waals surface area contributed by atoms with Crippen LogP contribution in [0, 0.1) is 11.7 Å². The maximum atomic E-state index is 13.8. The average Bonchev–Trinajstić information content (AvgIpc) is 2.71. The van der Waals surface area contributed by atoms with Crippen LogP contribution in [0.5, 0.6) is 5.75 Å². The number of halogens is 1. The van der Waals surface area contributed by atoms with Crippen molar-refractivity contribution in [3.8, 4) is 5.75 Å². The Kier molecular flexibility index (Phi) is 7.25. The molecule has 1 saturated heterocycles. The number of hydrogen-bond acceptors (Lipinski definition) is 3. The number of anilines is 1. The highest BCUT2D eigenvalue weighted by Gasteiger charge is 2.20. The molecule has 5 nitrogen and oxygen atoms in total. The second-order valence-corrected chi connectivity index (χ2v) is 7.10. The zero-order chi connectivity index (χ0) is 19.8. The molecule has 0 saturated carbocycles. The third kappa shape index (κ3) is 5.96. The van der Waals surface area contributed by atoms with Crippen LogP contribution in [0.25, 0.3) is 0 Å². The summed E-state index contributed by atoms with van der Waals surface area (Å²) >= 11 is 0. The minimum atomic E-state index is -0.196. The molecule has 1 aliphatic rings. The second kappa shape index (κ2) is 10.1. The first-order valence-electron chi connectivity index (χ1n) is 9.87. The van der Waals surface area contributed by atoms with Gasteiger partial charge in [-0.05, 0) is 69.1 Å². The molecule has 1 aliphatic heterocycles. The molecule has 2 N–H and O–H groups in total. The summed E-state index contributed by atoms with van der Waals surface area (Å²) in [6.45, 7) is 5.68. The van der Waals surface area contributed by atoms with Gasteiger partial charge in [-0.15, -0.1) is 0 Å². The van der Waals surface area contributed by atoms with E-state index in [9.17, 15) is 9.18 Å². The lowest BCUT2D eigenvalue weighted by Gasteiger charge is -2.32. The Morgan fingerprint density at radius 3 is 2.54 bits per heavy atom. The van der Waals surface area contributed by atoms with Crippen molar-refractivity contribution in [1.29, 1.82) is 0 Å². The maximum absolute atomic E-state index is 13.8. The largest absolute Gasteiger partial charge is 0.494 e. The minimum Gasteiger partial charge on any atom is -0.494 e. The Labute approximate surface area is 165 Å². The predicted octanol–water partition coefficient (Wildman–Crippen LogP) is 4.26. The minimum absolute atomic E-state index is 0.141. The van der Waals surface area contributed by atoms with Gasteiger partial charge in [0, 0.05) is 24.3 Å². The van der Waals surface area contributed by atoms with Crippen LogP contribution in [0.3, 0.4) is 0 Å². The number of amides is 2. The van der Waals surface area contributed by atoms with Crippen molar-refractivity contribution >= 4 is 11.7 Å². The van der Waals surface area contributed by atoms with Gasteiger partial charge in [-0.1, -0.05) is 18.2 Å². The number of nitrogens with zero attached hydrogens (tertiary/aromatic N) is 1. The Morgan fingerprint density at radius 1 is 1.14 bits per heavy atom. The molecule has 0 aromatic heterocycles. The van der Waals surface area contributed by atoms with E-state index in [0.29, 0.717) is 25.6 Å². The van der Waals surface area contributed by atoms with Crippen LogP contribution in [0.2, 0.25) is 0 Å². The molecule has 2 aromatic carbocycles. The Balaban J connectivity index is 1.36. The Hall–Kier alpha value is -2.60. The number of piperidine rings is 1. The number of ether oxygens (including phenoxy) is 1. The first kappa shape index (κ1) is 20.1. The van der Waals surface area contributed by atoms with Crippen molar-refractivity contribution in [1.82, 2.24) is 10.2 Å². The third-order valence-corrected chi connectivity index (χ3v) is 5.03. The highest BCUT2D eigenvalue weighted by molar-refractivity contribution is 5.89. The summed E-state index contributed by atoms with van der Waals surface area (Å²) in [5, 5.41) is 5.80. The van der Waals surface area contributed by atoms with Gasteiger partial charge in [0.05, 0.1) is 6.61 Å². The Morgan fingerprint density at radius 2 is 1.86 bits per heavy atom. The first-order chi connectivity index (χ1) is 13.6. The molecule has 0 bridgehead atoms. The second-order valence-electron chi connectivity index (χ2n) is 7.10. The van der Waals surface area contributed by atoms with Gasteiger partial charge in [0.15, 0.2) is 0 Å².